The number of ether oxygens (including phenoxy) is 2. The van der Waals surface area contributed by atoms with E-state index in [0.717, 1.165) is 6.07 Å². The van der Waals surface area contributed by atoms with Gasteiger partial charge in [0.1, 0.15) is 17.1 Å². The van der Waals surface area contributed by atoms with Crippen molar-refractivity contribution in [1.82, 2.24) is 0 Å². The first-order valence-electron chi connectivity index (χ1n) is 5.65. The SMILES string of the molecule is CCOC(=O)COc1ccc2oc(=O)cc(O)c2c1. The van der Waals surface area contributed by atoms with Crippen LogP contribution in [0.15, 0.2) is 33.5 Å². The molecule has 6 heteroatoms. The smallest absolute Gasteiger partial charge is 0.344 e. The van der Waals surface area contributed by atoms with Crippen LogP contribution in [0.3, 0.4) is 0 Å². The Bertz CT molecular complexity index is 658. The van der Waals surface area contributed by atoms with Gasteiger partial charge in [-0.15, -0.1) is 0 Å². The van der Waals surface area contributed by atoms with Gasteiger partial charge in [-0.25, -0.2) is 9.59 Å². The molecule has 0 bridgehead atoms. The molecule has 2 aromatic rings. The van der Waals surface area contributed by atoms with E-state index in [4.69, 9.17) is 13.9 Å². The first-order chi connectivity index (χ1) is 9.10. The van der Waals surface area contributed by atoms with Crippen molar-refractivity contribution >= 4 is 16.9 Å². The van der Waals surface area contributed by atoms with E-state index in [-0.39, 0.29) is 24.5 Å². The maximum Gasteiger partial charge on any atom is 0.344 e. The van der Waals surface area contributed by atoms with Crippen molar-refractivity contribution in [2.75, 3.05) is 13.2 Å². The van der Waals surface area contributed by atoms with Gasteiger partial charge in [-0.1, -0.05) is 0 Å². The van der Waals surface area contributed by atoms with Crippen LogP contribution in [-0.2, 0) is 9.53 Å². The summed E-state index contributed by atoms with van der Waals surface area (Å²) < 4.78 is 14.8. The summed E-state index contributed by atoms with van der Waals surface area (Å²) in [5, 5.41) is 9.97. The maximum atomic E-state index is 11.1. The van der Waals surface area contributed by atoms with Gasteiger partial charge < -0.3 is 19.0 Å². The lowest BCUT2D eigenvalue weighted by Gasteiger charge is -2.06. The van der Waals surface area contributed by atoms with Gasteiger partial charge in [0, 0.05) is 0 Å². The molecule has 0 saturated heterocycles. The van der Waals surface area contributed by atoms with Crippen LogP contribution in [0.4, 0.5) is 0 Å². The van der Waals surface area contributed by atoms with E-state index < -0.39 is 11.6 Å². The standard InChI is InChI=1S/C13H12O6/c1-2-17-13(16)7-18-8-3-4-11-9(5-8)10(14)6-12(15)19-11/h3-6,14H,2,7H2,1H3. The molecule has 2 rings (SSSR count). The Morgan fingerprint density at radius 3 is 2.89 bits per heavy atom. The summed E-state index contributed by atoms with van der Waals surface area (Å²) in [5.41, 5.74) is -0.390. The first-order valence-corrected chi connectivity index (χ1v) is 5.65. The van der Waals surface area contributed by atoms with Gasteiger partial charge in [0.15, 0.2) is 6.61 Å². The van der Waals surface area contributed by atoms with Crippen LogP contribution in [0.5, 0.6) is 11.5 Å². The van der Waals surface area contributed by atoms with E-state index in [1.807, 2.05) is 0 Å². The van der Waals surface area contributed by atoms with Gasteiger partial charge in [-0.05, 0) is 25.1 Å². The van der Waals surface area contributed by atoms with Crippen LogP contribution in [0.25, 0.3) is 11.0 Å². The van der Waals surface area contributed by atoms with Crippen molar-refractivity contribution in [3.8, 4) is 11.5 Å². The molecule has 0 amide bonds. The predicted octanol–water partition coefficient (Wildman–Crippen LogP) is 1.44. The van der Waals surface area contributed by atoms with E-state index in [1.165, 1.54) is 18.2 Å². The molecule has 0 aliphatic rings. The van der Waals surface area contributed by atoms with Crippen LogP contribution in [0.1, 0.15) is 6.92 Å². The average molecular weight is 264 g/mol. The van der Waals surface area contributed by atoms with Gasteiger partial charge in [0.05, 0.1) is 18.1 Å². The average Bonchev–Trinajstić information content (AvgIpc) is 2.37. The summed E-state index contributed by atoms with van der Waals surface area (Å²) in [4.78, 5) is 22.2. The van der Waals surface area contributed by atoms with Crippen molar-refractivity contribution in [1.29, 1.82) is 0 Å². The lowest BCUT2D eigenvalue weighted by Crippen LogP contribution is -2.14. The summed E-state index contributed by atoms with van der Waals surface area (Å²) in [7, 11) is 0. The molecule has 19 heavy (non-hydrogen) atoms. The topological polar surface area (TPSA) is 86.0 Å². The van der Waals surface area contributed by atoms with Crippen LogP contribution >= 0.6 is 0 Å². The molecule has 100 valence electrons. The van der Waals surface area contributed by atoms with Gasteiger partial charge >= 0.3 is 11.6 Å². The molecule has 0 unspecified atom stereocenters. The van der Waals surface area contributed by atoms with Crippen molar-refractivity contribution in [2.24, 2.45) is 0 Å². The van der Waals surface area contributed by atoms with Crippen LogP contribution in [0, 0.1) is 0 Å². The Labute approximate surface area is 108 Å². The molecule has 1 N–H and O–H groups in total. The summed E-state index contributed by atoms with van der Waals surface area (Å²) in [6, 6.07) is 5.46. The fraction of sp³-hybridized carbons (Fsp3) is 0.231. The Morgan fingerprint density at radius 1 is 1.37 bits per heavy atom. The van der Waals surface area contributed by atoms with Gasteiger partial charge in [-0.2, -0.15) is 0 Å². The highest BCUT2D eigenvalue weighted by molar-refractivity contribution is 5.84. The quantitative estimate of drug-likeness (QED) is 0.664. The molecule has 1 aromatic heterocycles. The van der Waals surface area contributed by atoms with Crippen molar-refractivity contribution in [3.05, 3.63) is 34.7 Å². The number of rotatable bonds is 4. The molecule has 0 spiro atoms. The van der Waals surface area contributed by atoms with E-state index in [9.17, 15) is 14.7 Å². The normalized spacial score (nSPS) is 10.4. The van der Waals surface area contributed by atoms with E-state index in [0.29, 0.717) is 11.1 Å². The Balaban J connectivity index is 2.22. The molecule has 0 radical (unpaired) electrons. The summed E-state index contributed by atoms with van der Waals surface area (Å²) in [6.07, 6.45) is 0. The van der Waals surface area contributed by atoms with Crippen LogP contribution in [0.2, 0.25) is 0 Å². The summed E-state index contributed by atoms with van der Waals surface area (Å²) in [6.45, 7) is 1.76. The first kappa shape index (κ1) is 12.9. The number of benzene rings is 1. The molecule has 0 aliphatic heterocycles. The zero-order valence-corrected chi connectivity index (χ0v) is 10.2. The highest BCUT2D eigenvalue weighted by Crippen LogP contribution is 2.26. The number of fused-ring (bicyclic) bond motifs is 1. The van der Waals surface area contributed by atoms with E-state index in [2.05, 4.69) is 0 Å². The molecule has 0 saturated carbocycles. The fourth-order valence-corrected chi connectivity index (χ4v) is 1.56. The minimum atomic E-state index is -0.634. The van der Waals surface area contributed by atoms with Crippen molar-refractivity contribution < 1.29 is 23.8 Å². The van der Waals surface area contributed by atoms with E-state index in [1.54, 1.807) is 6.92 Å². The second-order valence-corrected chi connectivity index (χ2v) is 3.70. The molecule has 0 fully saturated rings. The molecular formula is C13H12O6. The maximum absolute atomic E-state index is 11.1. The van der Waals surface area contributed by atoms with Crippen molar-refractivity contribution in [3.63, 3.8) is 0 Å². The van der Waals surface area contributed by atoms with Crippen LogP contribution < -0.4 is 10.4 Å². The minimum absolute atomic E-state index is 0.201. The molecule has 0 aliphatic carbocycles. The Morgan fingerprint density at radius 2 is 2.16 bits per heavy atom. The molecule has 0 atom stereocenters. The van der Waals surface area contributed by atoms with Gasteiger partial charge in [0.25, 0.3) is 0 Å². The molecule has 1 heterocycles. The summed E-state index contributed by atoms with van der Waals surface area (Å²) >= 11 is 0. The highest BCUT2D eigenvalue weighted by Gasteiger charge is 2.08. The second-order valence-electron chi connectivity index (χ2n) is 3.70. The lowest BCUT2D eigenvalue weighted by atomic mass is 10.2. The largest absolute Gasteiger partial charge is 0.507 e. The monoisotopic (exact) mass is 264 g/mol. The fourth-order valence-electron chi connectivity index (χ4n) is 1.56. The van der Waals surface area contributed by atoms with Gasteiger partial charge in [0.2, 0.25) is 0 Å². The number of esters is 1. The number of aromatic hydroxyl groups is 1. The second kappa shape index (κ2) is 5.43. The third-order valence-corrected chi connectivity index (χ3v) is 2.35. The molecular weight excluding hydrogens is 252 g/mol. The minimum Gasteiger partial charge on any atom is -0.507 e. The number of hydrogen-bond acceptors (Lipinski definition) is 6. The zero-order valence-electron chi connectivity index (χ0n) is 10.2. The van der Waals surface area contributed by atoms with Crippen LogP contribution in [-0.4, -0.2) is 24.3 Å². The predicted molar refractivity (Wildman–Crippen MR) is 66.3 cm³/mol. The Kier molecular flexibility index (Phi) is 3.70. The number of carbonyl (C=O) groups excluding carboxylic acids is 1. The highest BCUT2D eigenvalue weighted by atomic mass is 16.6. The number of hydrogen-bond donors (Lipinski definition) is 1. The van der Waals surface area contributed by atoms with E-state index >= 15 is 0 Å². The summed E-state index contributed by atoms with van der Waals surface area (Å²) in [5.74, 6) is -0.316. The number of carbonyl (C=O) groups is 1. The van der Waals surface area contributed by atoms with Crippen molar-refractivity contribution in [2.45, 2.75) is 6.92 Å². The zero-order chi connectivity index (χ0) is 13.8. The third kappa shape index (κ3) is 3.04. The van der Waals surface area contributed by atoms with Gasteiger partial charge in [-0.3, -0.25) is 0 Å². The molecule has 6 nitrogen and oxygen atoms in total. The third-order valence-electron chi connectivity index (χ3n) is 2.35. The Hall–Kier alpha value is -2.50. The molecule has 1 aromatic carbocycles. The lowest BCUT2D eigenvalue weighted by molar-refractivity contribution is -0.145.